The number of benzene rings is 1. The van der Waals surface area contributed by atoms with E-state index in [0.29, 0.717) is 23.7 Å². The second kappa shape index (κ2) is 6.55. The molecule has 4 rings (SSSR count). The van der Waals surface area contributed by atoms with Crippen molar-refractivity contribution < 1.29 is 13.2 Å². The van der Waals surface area contributed by atoms with Crippen molar-refractivity contribution in [3.8, 4) is 0 Å². The van der Waals surface area contributed by atoms with Crippen LogP contribution in [0.25, 0.3) is 0 Å². The number of hydrogen-bond acceptors (Lipinski definition) is 4. The highest BCUT2D eigenvalue weighted by atomic mass is 32.2. The van der Waals surface area contributed by atoms with E-state index in [2.05, 4.69) is 0 Å². The number of hydrogen-bond donors (Lipinski definition) is 0. The van der Waals surface area contributed by atoms with Gasteiger partial charge in [-0.25, -0.2) is 8.42 Å². The highest BCUT2D eigenvalue weighted by Crippen LogP contribution is 2.33. The number of carbonyl (C=O) groups excluding carboxylic acids is 1. The summed E-state index contributed by atoms with van der Waals surface area (Å²) in [6.45, 7) is 1.06. The number of anilines is 1. The van der Waals surface area contributed by atoms with Crippen LogP contribution in [0.1, 0.15) is 24.8 Å². The highest BCUT2D eigenvalue weighted by Gasteiger charge is 2.42. The number of amides is 1. The van der Waals surface area contributed by atoms with Crippen LogP contribution in [0.2, 0.25) is 0 Å². The third-order valence-electron chi connectivity index (χ3n) is 4.92. The van der Waals surface area contributed by atoms with Crippen molar-refractivity contribution in [2.45, 2.75) is 35.9 Å². The zero-order valence-electron chi connectivity index (χ0n) is 13.8. The van der Waals surface area contributed by atoms with Gasteiger partial charge in [-0.05, 0) is 48.8 Å². The van der Waals surface area contributed by atoms with E-state index in [1.807, 2.05) is 24.3 Å². The van der Waals surface area contributed by atoms with Crippen LogP contribution in [0.5, 0.6) is 0 Å². The van der Waals surface area contributed by atoms with Gasteiger partial charge in [0.25, 0.3) is 10.0 Å². The number of para-hydroxylation sites is 1. The van der Waals surface area contributed by atoms with Crippen LogP contribution in [0, 0.1) is 0 Å². The summed E-state index contributed by atoms with van der Waals surface area (Å²) in [6.07, 6.45) is 3.17. The van der Waals surface area contributed by atoms with Gasteiger partial charge >= 0.3 is 0 Å². The van der Waals surface area contributed by atoms with Gasteiger partial charge in [0.05, 0.1) is 0 Å². The van der Waals surface area contributed by atoms with Crippen molar-refractivity contribution in [1.29, 1.82) is 0 Å². The first-order valence-corrected chi connectivity index (χ1v) is 10.9. The second-order valence-corrected chi connectivity index (χ2v) is 9.49. The van der Waals surface area contributed by atoms with E-state index in [1.165, 1.54) is 15.6 Å². The molecule has 1 fully saturated rings. The van der Waals surface area contributed by atoms with Crippen LogP contribution in [0.3, 0.4) is 0 Å². The van der Waals surface area contributed by atoms with Gasteiger partial charge in [-0.1, -0.05) is 24.3 Å². The molecule has 1 aromatic carbocycles. The summed E-state index contributed by atoms with van der Waals surface area (Å²) in [5.41, 5.74) is 2.09. The van der Waals surface area contributed by atoms with Gasteiger partial charge in [-0.3, -0.25) is 4.79 Å². The molecular weight excluding hydrogens is 356 g/mol. The Morgan fingerprint density at radius 2 is 1.92 bits per heavy atom. The minimum Gasteiger partial charge on any atom is -0.311 e. The Balaban J connectivity index is 1.65. The summed E-state index contributed by atoms with van der Waals surface area (Å²) in [4.78, 5) is 15.0. The fraction of sp³-hybridized carbons (Fsp3) is 0.389. The fourth-order valence-corrected chi connectivity index (χ4v) is 6.51. The van der Waals surface area contributed by atoms with Crippen LogP contribution in [-0.2, 0) is 21.2 Å². The molecule has 2 aliphatic heterocycles. The molecule has 0 bridgehead atoms. The maximum absolute atomic E-state index is 13.2. The third-order valence-corrected chi connectivity index (χ3v) is 8.20. The highest BCUT2D eigenvalue weighted by molar-refractivity contribution is 7.91. The number of sulfonamides is 1. The van der Waals surface area contributed by atoms with E-state index in [1.54, 1.807) is 22.4 Å². The molecule has 2 aliphatic rings. The number of nitrogens with zero attached hydrogens (tertiary/aromatic N) is 2. The number of thiophene rings is 1. The number of aryl methyl sites for hydroxylation is 1. The average molecular weight is 377 g/mol. The van der Waals surface area contributed by atoms with Crippen molar-refractivity contribution in [3.63, 3.8) is 0 Å². The molecule has 2 aromatic rings. The molecule has 7 heteroatoms. The summed E-state index contributed by atoms with van der Waals surface area (Å²) < 4.78 is 27.5. The third kappa shape index (κ3) is 2.90. The van der Waals surface area contributed by atoms with Gasteiger partial charge in [-0.15, -0.1) is 11.3 Å². The molecule has 1 saturated heterocycles. The Bertz CT molecular complexity index is 877. The van der Waals surface area contributed by atoms with Gasteiger partial charge in [0.15, 0.2) is 0 Å². The maximum Gasteiger partial charge on any atom is 0.253 e. The molecule has 3 heterocycles. The van der Waals surface area contributed by atoms with E-state index in [9.17, 15) is 13.2 Å². The lowest BCUT2D eigenvalue weighted by molar-refractivity contribution is -0.121. The second-order valence-electron chi connectivity index (χ2n) is 6.43. The molecule has 5 nitrogen and oxygen atoms in total. The zero-order chi connectivity index (χ0) is 17.4. The smallest absolute Gasteiger partial charge is 0.253 e. The summed E-state index contributed by atoms with van der Waals surface area (Å²) in [5, 5.41) is 1.75. The number of rotatable bonds is 3. The van der Waals surface area contributed by atoms with Crippen LogP contribution < -0.4 is 4.90 Å². The van der Waals surface area contributed by atoms with Gasteiger partial charge in [0.2, 0.25) is 5.91 Å². The van der Waals surface area contributed by atoms with Gasteiger partial charge in [0.1, 0.15) is 10.3 Å². The topological polar surface area (TPSA) is 57.7 Å². The molecule has 0 radical (unpaired) electrons. The van der Waals surface area contributed by atoms with Crippen molar-refractivity contribution in [2.24, 2.45) is 0 Å². The predicted octanol–water partition coefficient (Wildman–Crippen LogP) is 2.88. The predicted molar refractivity (Wildman–Crippen MR) is 98.3 cm³/mol. The molecule has 25 heavy (non-hydrogen) atoms. The summed E-state index contributed by atoms with van der Waals surface area (Å²) in [5.74, 6) is -0.0928. The molecule has 0 N–H and O–H groups in total. The number of fused-ring (bicyclic) bond motifs is 1. The molecule has 0 spiro atoms. The van der Waals surface area contributed by atoms with Crippen molar-refractivity contribution in [3.05, 3.63) is 47.3 Å². The standard InChI is InChI=1S/C18H20N2O3S2/c21-18(19-11-3-7-14-6-1-2-8-15(14)19)16-9-4-12-20(16)25(22,23)17-10-5-13-24-17/h1-2,5-6,8,10,13,16H,3-4,7,9,11-12H2. The van der Waals surface area contributed by atoms with E-state index in [0.717, 1.165) is 30.5 Å². The van der Waals surface area contributed by atoms with Crippen molar-refractivity contribution >= 4 is 33.0 Å². The van der Waals surface area contributed by atoms with Gasteiger partial charge < -0.3 is 4.90 Å². The first-order valence-electron chi connectivity index (χ1n) is 8.54. The van der Waals surface area contributed by atoms with Crippen LogP contribution in [0.4, 0.5) is 5.69 Å². The first kappa shape index (κ1) is 16.8. The minimum atomic E-state index is -3.60. The van der Waals surface area contributed by atoms with Crippen LogP contribution in [0.15, 0.2) is 46.0 Å². The van der Waals surface area contributed by atoms with Crippen LogP contribution >= 0.6 is 11.3 Å². The quantitative estimate of drug-likeness (QED) is 0.828. The van der Waals surface area contributed by atoms with E-state index in [-0.39, 0.29) is 5.91 Å². The van der Waals surface area contributed by atoms with Gasteiger partial charge in [-0.2, -0.15) is 4.31 Å². The summed E-state index contributed by atoms with van der Waals surface area (Å²) in [7, 11) is -3.60. The molecule has 1 aromatic heterocycles. The monoisotopic (exact) mass is 376 g/mol. The Hall–Kier alpha value is -1.70. The molecule has 1 atom stereocenters. The maximum atomic E-state index is 13.2. The molecule has 0 saturated carbocycles. The summed E-state index contributed by atoms with van der Waals surface area (Å²) in [6, 6.07) is 10.7. The Morgan fingerprint density at radius 1 is 1.08 bits per heavy atom. The minimum absolute atomic E-state index is 0.0928. The van der Waals surface area contributed by atoms with Crippen LogP contribution in [-0.4, -0.2) is 37.8 Å². The lowest BCUT2D eigenvalue weighted by Gasteiger charge is -2.33. The zero-order valence-corrected chi connectivity index (χ0v) is 15.4. The molecule has 0 aliphatic carbocycles. The normalized spacial score (nSPS) is 21.3. The molecule has 1 amide bonds. The number of carbonyl (C=O) groups is 1. The molecular formula is C18H20N2O3S2. The van der Waals surface area contributed by atoms with Crippen molar-refractivity contribution in [2.75, 3.05) is 18.0 Å². The largest absolute Gasteiger partial charge is 0.311 e. The Morgan fingerprint density at radius 3 is 2.72 bits per heavy atom. The van der Waals surface area contributed by atoms with E-state index in [4.69, 9.17) is 0 Å². The lowest BCUT2D eigenvalue weighted by atomic mass is 10.0. The first-order chi connectivity index (χ1) is 12.1. The Kier molecular flexibility index (Phi) is 4.39. The average Bonchev–Trinajstić information content (AvgIpc) is 3.32. The van der Waals surface area contributed by atoms with E-state index < -0.39 is 16.1 Å². The molecule has 1 unspecified atom stereocenters. The summed E-state index contributed by atoms with van der Waals surface area (Å²) >= 11 is 1.20. The lowest BCUT2D eigenvalue weighted by Crippen LogP contribution is -2.49. The van der Waals surface area contributed by atoms with Crippen molar-refractivity contribution in [1.82, 2.24) is 4.31 Å². The SMILES string of the molecule is O=C(C1CCCN1S(=O)(=O)c1cccs1)N1CCCc2ccccc21. The fourth-order valence-electron chi connectivity index (χ4n) is 3.74. The van der Waals surface area contributed by atoms with Gasteiger partial charge in [0, 0.05) is 18.8 Å². The molecule has 132 valence electrons. The van der Waals surface area contributed by atoms with E-state index >= 15 is 0 Å². The Labute approximate surface area is 151 Å².